The molecule has 1 amide bonds. The fraction of sp³-hybridized carbons (Fsp3) is 0.304. The lowest BCUT2D eigenvalue weighted by Gasteiger charge is -2.32. The van der Waals surface area contributed by atoms with E-state index in [2.05, 4.69) is 21.7 Å². The summed E-state index contributed by atoms with van der Waals surface area (Å²) >= 11 is 0. The largest absolute Gasteiger partial charge is 0.454 e. The molecular weight excluding hydrogens is 366 g/mol. The molecule has 5 rings (SSSR count). The minimum Gasteiger partial charge on any atom is -0.454 e. The molecule has 6 nitrogen and oxygen atoms in total. The lowest BCUT2D eigenvalue weighted by atomic mass is 9.96. The molecule has 2 aromatic carbocycles. The molecule has 3 heterocycles. The molecule has 0 bridgehead atoms. The molecule has 6 heteroatoms. The first-order valence-corrected chi connectivity index (χ1v) is 10.0. The summed E-state index contributed by atoms with van der Waals surface area (Å²) < 4.78 is 13.0. The predicted octanol–water partition coefficient (Wildman–Crippen LogP) is 3.83. The number of benzene rings is 2. The van der Waals surface area contributed by atoms with Crippen molar-refractivity contribution in [2.75, 3.05) is 19.9 Å². The van der Waals surface area contributed by atoms with Crippen molar-refractivity contribution in [3.05, 3.63) is 66.5 Å². The van der Waals surface area contributed by atoms with Crippen molar-refractivity contribution >= 4 is 5.91 Å². The highest BCUT2D eigenvalue weighted by Crippen LogP contribution is 2.33. The van der Waals surface area contributed by atoms with E-state index in [1.807, 2.05) is 47.6 Å². The van der Waals surface area contributed by atoms with Gasteiger partial charge < -0.3 is 18.9 Å². The minimum atomic E-state index is 0.0642. The first kappa shape index (κ1) is 17.8. The van der Waals surface area contributed by atoms with Crippen LogP contribution >= 0.6 is 0 Å². The van der Waals surface area contributed by atoms with Gasteiger partial charge >= 0.3 is 0 Å². The highest BCUT2D eigenvalue weighted by molar-refractivity contribution is 5.95. The SMILES string of the molecule is O=C(c1ccc2c(c1)OCO2)N1CCC(Cn2ccnc2-c2ccccc2)CC1. The van der Waals surface area contributed by atoms with Gasteiger partial charge in [0, 0.05) is 43.2 Å². The number of rotatable bonds is 4. The number of carbonyl (C=O) groups excluding carboxylic acids is 1. The maximum Gasteiger partial charge on any atom is 0.253 e. The Morgan fingerprint density at radius 2 is 1.83 bits per heavy atom. The number of ether oxygens (including phenoxy) is 2. The highest BCUT2D eigenvalue weighted by Gasteiger charge is 2.26. The van der Waals surface area contributed by atoms with E-state index in [1.165, 1.54) is 0 Å². The topological polar surface area (TPSA) is 56.6 Å². The third-order valence-electron chi connectivity index (χ3n) is 5.72. The maximum atomic E-state index is 12.9. The first-order chi connectivity index (χ1) is 14.3. The number of likely N-dealkylation sites (tertiary alicyclic amines) is 1. The van der Waals surface area contributed by atoms with Crippen LogP contribution in [-0.2, 0) is 6.54 Å². The minimum absolute atomic E-state index is 0.0642. The molecule has 0 atom stereocenters. The molecule has 0 saturated carbocycles. The van der Waals surface area contributed by atoms with Gasteiger partial charge in [0.25, 0.3) is 5.91 Å². The number of fused-ring (bicyclic) bond motifs is 1. The van der Waals surface area contributed by atoms with E-state index in [1.54, 1.807) is 6.07 Å². The third-order valence-corrected chi connectivity index (χ3v) is 5.72. The normalized spacial score (nSPS) is 16.2. The van der Waals surface area contributed by atoms with Crippen LogP contribution in [0.25, 0.3) is 11.4 Å². The Morgan fingerprint density at radius 1 is 1.03 bits per heavy atom. The summed E-state index contributed by atoms with van der Waals surface area (Å²) in [6, 6.07) is 15.7. The number of nitrogens with zero attached hydrogens (tertiary/aromatic N) is 3. The molecule has 0 aliphatic carbocycles. The van der Waals surface area contributed by atoms with Crippen LogP contribution in [0.1, 0.15) is 23.2 Å². The van der Waals surface area contributed by atoms with Crippen LogP contribution in [0.3, 0.4) is 0 Å². The molecular formula is C23H23N3O3. The number of amides is 1. The predicted molar refractivity (Wildman–Crippen MR) is 109 cm³/mol. The standard InChI is InChI=1S/C23H23N3O3/c27-23(19-6-7-20-21(14-19)29-16-28-20)25-11-8-17(9-12-25)15-26-13-10-24-22(26)18-4-2-1-3-5-18/h1-7,10,13-14,17H,8-9,11-12,15-16H2. The third kappa shape index (κ3) is 3.58. The van der Waals surface area contributed by atoms with Gasteiger partial charge in [-0.15, -0.1) is 0 Å². The van der Waals surface area contributed by atoms with Crippen LogP contribution in [0.4, 0.5) is 0 Å². The van der Waals surface area contributed by atoms with Gasteiger partial charge in [0.1, 0.15) is 5.82 Å². The second kappa shape index (κ2) is 7.62. The van der Waals surface area contributed by atoms with Crippen molar-refractivity contribution in [1.82, 2.24) is 14.5 Å². The van der Waals surface area contributed by atoms with Crippen molar-refractivity contribution in [3.63, 3.8) is 0 Å². The Hall–Kier alpha value is -3.28. The number of carbonyl (C=O) groups is 1. The number of piperidine rings is 1. The van der Waals surface area contributed by atoms with Crippen LogP contribution in [0.5, 0.6) is 11.5 Å². The molecule has 1 aromatic heterocycles. The van der Waals surface area contributed by atoms with Crippen LogP contribution in [-0.4, -0.2) is 40.2 Å². The van der Waals surface area contributed by atoms with Crippen LogP contribution in [0.15, 0.2) is 60.9 Å². The van der Waals surface area contributed by atoms with Gasteiger partial charge in [-0.25, -0.2) is 4.98 Å². The van der Waals surface area contributed by atoms with Crippen LogP contribution in [0.2, 0.25) is 0 Å². The zero-order valence-corrected chi connectivity index (χ0v) is 16.2. The zero-order chi connectivity index (χ0) is 19.6. The number of hydrogen-bond donors (Lipinski definition) is 0. The van der Waals surface area contributed by atoms with Gasteiger partial charge in [0.05, 0.1) is 0 Å². The fourth-order valence-electron chi connectivity index (χ4n) is 4.11. The monoisotopic (exact) mass is 389 g/mol. The van der Waals surface area contributed by atoms with Gasteiger partial charge in [-0.1, -0.05) is 30.3 Å². The molecule has 0 N–H and O–H groups in total. The average Bonchev–Trinajstić information content (AvgIpc) is 3.43. The number of hydrogen-bond acceptors (Lipinski definition) is 4. The second-order valence-corrected chi connectivity index (χ2v) is 7.57. The molecule has 1 saturated heterocycles. The molecule has 3 aromatic rings. The Morgan fingerprint density at radius 3 is 2.66 bits per heavy atom. The summed E-state index contributed by atoms with van der Waals surface area (Å²) in [6.45, 7) is 2.69. The summed E-state index contributed by atoms with van der Waals surface area (Å²) in [6.07, 6.45) is 5.89. The van der Waals surface area contributed by atoms with Crippen molar-refractivity contribution < 1.29 is 14.3 Å². The fourth-order valence-corrected chi connectivity index (χ4v) is 4.11. The summed E-state index contributed by atoms with van der Waals surface area (Å²) in [7, 11) is 0. The van der Waals surface area contributed by atoms with Crippen molar-refractivity contribution in [2.24, 2.45) is 5.92 Å². The van der Waals surface area contributed by atoms with E-state index in [9.17, 15) is 4.79 Å². The summed E-state index contributed by atoms with van der Waals surface area (Å²) in [4.78, 5) is 19.4. The van der Waals surface area contributed by atoms with Crippen LogP contribution in [0, 0.1) is 5.92 Å². The van der Waals surface area contributed by atoms with Gasteiger partial charge in [-0.3, -0.25) is 4.79 Å². The number of aromatic nitrogens is 2. The van der Waals surface area contributed by atoms with Crippen LogP contribution < -0.4 is 9.47 Å². The summed E-state index contributed by atoms with van der Waals surface area (Å²) in [5.41, 5.74) is 1.79. The Kier molecular flexibility index (Phi) is 4.68. The van der Waals surface area contributed by atoms with E-state index in [0.29, 0.717) is 23.0 Å². The lowest BCUT2D eigenvalue weighted by Crippen LogP contribution is -2.39. The Balaban J connectivity index is 1.21. The molecule has 2 aliphatic rings. The molecule has 0 unspecified atom stereocenters. The van der Waals surface area contributed by atoms with Crippen molar-refractivity contribution in [3.8, 4) is 22.9 Å². The number of imidazole rings is 1. The Bertz CT molecular complexity index is 1010. The summed E-state index contributed by atoms with van der Waals surface area (Å²) in [5, 5.41) is 0. The Labute approximate surface area is 169 Å². The molecule has 29 heavy (non-hydrogen) atoms. The zero-order valence-electron chi connectivity index (χ0n) is 16.2. The quantitative estimate of drug-likeness (QED) is 0.681. The molecule has 2 aliphatic heterocycles. The molecule has 0 radical (unpaired) electrons. The molecule has 148 valence electrons. The molecule has 1 fully saturated rings. The first-order valence-electron chi connectivity index (χ1n) is 10.0. The van der Waals surface area contributed by atoms with Gasteiger partial charge in [-0.2, -0.15) is 0 Å². The van der Waals surface area contributed by atoms with Gasteiger partial charge in [0.15, 0.2) is 11.5 Å². The highest BCUT2D eigenvalue weighted by atomic mass is 16.7. The van der Waals surface area contributed by atoms with E-state index < -0.39 is 0 Å². The van der Waals surface area contributed by atoms with E-state index in [4.69, 9.17) is 9.47 Å². The molecule has 0 spiro atoms. The van der Waals surface area contributed by atoms with Gasteiger partial charge in [0.2, 0.25) is 6.79 Å². The van der Waals surface area contributed by atoms with Crippen molar-refractivity contribution in [1.29, 1.82) is 0 Å². The van der Waals surface area contributed by atoms with E-state index >= 15 is 0 Å². The lowest BCUT2D eigenvalue weighted by molar-refractivity contribution is 0.0682. The smallest absolute Gasteiger partial charge is 0.253 e. The maximum absolute atomic E-state index is 12.9. The van der Waals surface area contributed by atoms with E-state index in [0.717, 1.165) is 43.9 Å². The van der Waals surface area contributed by atoms with Gasteiger partial charge in [-0.05, 0) is 37.0 Å². The van der Waals surface area contributed by atoms with Crippen molar-refractivity contribution in [2.45, 2.75) is 19.4 Å². The second-order valence-electron chi connectivity index (χ2n) is 7.57. The average molecular weight is 389 g/mol. The summed E-state index contributed by atoms with van der Waals surface area (Å²) in [5.74, 6) is 2.96. The van der Waals surface area contributed by atoms with E-state index in [-0.39, 0.29) is 12.7 Å².